The Morgan fingerprint density at radius 3 is 1.68 bits per heavy atom. The molecule has 0 unspecified atom stereocenters. The summed E-state index contributed by atoms with van der Waals surface area (Å²) in [6.45, 7) is 17.7. The minimum atomic E-state index is -1.91. The van der Waals surface area contributed by atoms with Gasteiger partial charge in [0.05, 0.1) is 13.2 Å². The molecule has 0 fully saturated rings. The lowest BCUT2D eigenvalue weighted by molar-refractivity contribution is -0.162. The third-order valence-electron chi connectivity index (χ3n) is 6.15. The highest BCUT2D eigenvalue weighted by Crippen LogP contribution is 2.37. The van der Waals surface area contributed by atoms with Gasteiger partial charge in [-0.3, -0.25) is 0 Å². The highest BCUT2D eigenvalue weighted by atomic mass is 28.4. The van der Waals surface area contributed by atoms with Crippen LogP contribution < -0.4 is 0 Å². The van der Waals surface area contributed by atoms with Crippen molar-refractivity contribution >= 4 is 33.1 Å². The minimum Gasteiger partial charge on any atom is -0.463 e. The Morgan fingerprint density at radius 2 is 1.36 bits per heavy atom. The molecular weight excluding hydrogens is 404 g/mol. The maximum atomic E-state index is 11.4. The zero-order chi connectivity index (χ0) is 21.7. The molecule has 8 heteroatoms. The normalized spacial score (nSPS) is 12.9. The first-order valence-corrected chi connectivity index (χ1v) is 16.9. The van der Waals surface area contributed by atoms with Crippen molar-refractivity contribution in [2.45, 2.75) is 96.4 Å². The van der Waals surface area contributed by atoms with Crippen LogP contribution in [-0.2, 0) is 22.8 Å². The molecule has 0 aliphatic rings. The van der Waals surface area contributed by atoms with Crippen molar-refractivity contribution in [2.75, 3.05) is 13.2 Å². The van der Waals surface area contributed by atoms with Crippen LogP contribution in [0, 0.1) is 0 Å². The van der Waals surface area contributed by atoms with Crippen molar-refractivity contribution in [3.63, 3.8) is 0 Å². The first-order valence-electron chi connectivity index (χ1n) is 11.0. The minimum absolute atomic E-state index is 0.346. The van der Waals surface area contributed by atoms with Crippen molar-refractivity contribution in [3.05, 3.63) is 12.7 Å². The Morgan fingerprint density at radius 1 is 0.929 bits per heavy atom. The van der Waals surface area contributed by atoms with Gasteiger partial charge in [-0.25, -0.2) is 4.79 Å². The summed E-state index contributed by atoms with van der Waals surface area (Å²) in [5.74, 6) is -1.10. The number of carbonyl (C=O) groups excluding carboxylic acids is 1. The molecule has 5 nitrogen and oxygen atoms in total. The van der Waals surface area contributed by atoms with Gasteiger partial charge in [-0.1, -0.05) is 48.1 Å². The van der Waals surface area contributed by atoms with E-state index in [9.17, 15) is 4.79 Å². The van der Waals surface area contributed by atoms with Gasteiger partial charge in [-0.2, -0.15) is 0 Å². The highest BCUT2D eigenvalue weighted by molar-refractivity contribution is 6.74. The summed E-state index contributed by atoms with van der Waals surface area (Å²) >= 11 is 0. The van der Waals surface area contributed by atoms with Crippen molar-refractivity contribution in [1.29, 1.82) is 0 Å². The topological polar surface area (TPSA) is 54.0 Å². The number of hydrogen-bond donors (Lipinski definition) is 0. The second-order valence-electron chi connectivity index (χ2n) is 7.51. The Kier molecular flexibility index (Phi) is 13.7. The first-order chi connectivity index (χ1) is 13.3. The second kappa shape index (κ2) is 13.9. The number of rotatable bonds is 17. The Labute approximate surface area is 178 Å². The number of ether oxygens (including phenoxy) is 1. The van der Waals surface area contributed by atoms with E-state index in [1.807, 2.05) is 0 Å². The summed E-state index contributed by atoms with van der Waals surface area (Å²) in [7, 11) is -3.18. The number of carbonyl (C=O) groups is 1. The van der Waals surface area contributed by atoms with E-state index in [0.29, 0.717) is 36.5 Å². The predicted molar refractivity (Wildman–Crippen MR) is 126 cm³/mol. The van der Waals surface area contributed by atoms with Crippen LogP contribution in [0.2, 0.25) is 36.3 Å². The van der Waals surface area contributed by atoms with Crippen molar-refractivity contribution < 1.29 is 22.8 Å². The molecular formula is C20H44O5Si3. The van der Waals surface area contributed by atoms with E-state index in [4.69, 9.17) is 18.0 Å². The maximum absolute atomic E-state index is 11.4. The average molecular weight is 449 g/mol. The molecule has 166 valence electrons. The van der Waals surface area contributed by atoms with E-state index in [0.717, 1.165) is 36.3 Å². The quantitative estimate of drug-likeness (QED) is 0.108. The van der Waals surface area contributed by atoms with Crippen molar-refractivity contribution in [1.82, 2.24) is 0 Å². The van der Waals surface area contributed by atoms with E-state index >= 15 is 0 Å². The zero-order valence-electron chi connectivity index (χ0n) is 19.4. The Balaban J connectivity index is 5.75. The average Bonchev–Trinajstić information content (AvgIpc) is 2.73. The fraction of sp³-hybridized carbons (Fsp3) is 0.850. The molecule has 0 aromatic carbocycles. The zero-order valence-corrected chi connectivity index (χ0v) is 23.4. The van der Waals surface area contributed by atoms with Gasteiger partial charge in [0.2, 0.25) is 0 Å². The Bertz CT molecular complexity index is 413. The molecule has 0 aliphatic carbocycles. The second-order valence-corrected chi connectivity index (χ2v) is 17.5. The molecule has 0 spiro atoms. The number of hydrogen-bond acceptors (Lipinski definition) is 5. The van der Waals surface area contributed by atoms with Gasteiger partial charge in [0.25, 0.3) is 0 Å². The van der Waals surface area contributed by atoms with Crippen LogP contribution in [0.25, 0.3) is 0 Å². The summed E-state index contributed by atoms with van der Waals surface area (Å²) < 4.78 is 25.0. The first kappa shape index (κ1) is 27.7. The monoisotopic (exact) mass is 448 g/mol. The summed E-state index contributed by atoms with van der Waals surface area (Å²) in [5.41, 5.74) is 0. The van der Waals surface area contributed by atoms with Crippen LogP contribution in [0.1, 0.15) is 54.4 Å². The van der Waals surface area contributed by atoms with E-state index in [1.165, 1.54) is 6.08 Å². The summed E-state index contributed by atoms with van der Waals surface area (Å²) in [4.78, 5) is 11.4. The molecule has 0 atom stereocenters. The van der Waals surface area contributed by atoms with E-state index in [1.54, 1.807) is 0 Å². The highest BCUT2D eigenvalue weighted by Gasteiger charge is 2.46. The van der Waals surface area contributed by atoms with Crippen LogP contribution >= 0.6 is 0 Å². The molecule has 0 heterocycles. The summed E-state index contributed by atoms with van der Waals surface area (Å²) in [5, 5.41) is 0. The SMILES string of the molecule is C=CC(=O)OCCCC(CO[SiH3])(O[Si](CC)(CC)CC)O[Si](CC)(CC)CC. The van der Waals surface area contributed by atoms with Crippen molar-refractivity contribution in [3.8, 4) is 0 Å². The van der Waals surface area contributed by atoms with Gasteiger partial charge in [-0.05, 0) is 42.7 Å². The molecule has 0 aromatic heterocycles. The molecule has 0 bridgehead atoms. The number of esters is 1. The standard InChI is InChI=1S/C20H44O5Si3/c1-8-19(21)22-17-15-16-20(18-23-26,24-27(9-2,10-3)11-4)25-28(12-5,13-6)14-7/h8H,1,9-18H2,2-7,26H3. The third-order valence-corrected chi connectivity index (χ3v) is 15.8. The molecule has 0 saturated carbocycles. The van der Waals surface area contributed by atoms with E-state index in [2.05, 4.69) is 48.1 Å². The fourth-order valence-electron chi connectivity index (χ4n) is 3.77. The maximum Gasteiger partial charge on any atom is 0.330 e. The van der Waals surface area contributed by atoms with Crippen LogP contribution in [0.15, 0.2) is 12.7 Å². The van der Waals surface area contributed by atoms with Crippen LogP contribution in [0.3, 0.4) is 0 Å². The molecule has 28 heavy (non-hydrogen) atoms. The van der Waals surface area contributed by atoms with E-state index < -0.39 is 22.4 Å². The summed E-state index contributed by atoms with van der Waals surface area (Å²) in [6, 6.07) is 6.40. The van der Waals surface area contributed by atoms with E-state index in [-0.39, 0.29) is 5.97 Å². The molecule has 0 aromatic rings. The lowest BCUT2D eigenvalue weighted by Crippen LogP contribution is -2.57. The van der Waals surface area contributed by atoms with Crippen LogP contribution in [0.4, 0.5) is 0 Å². The summed E-state index contributed by atoms with van der Waals surface area (Å²) in [6.07, 6.45) is 2.57. The smallest absolute Gasteiger partial charge is 0.330 e. The molecule has 0 N–H and O–H groups in total. The predicted octanol–water partition coefficient (Wildman–Crippen LogP) is 4.53. The van der Waals surface area contributed by atoms with Gasteiger partial charge in [0, 0.05) is 12.5 Å². The van der Waals surface area contributed by atoms with Crippen LogP contribution in [-0.4, -0.2) is 52.1 Å². The molecule has 0 saturated heterocycles. The molecule has 0 rings (SSSR count). The third kappa shape index (κ3) is 8.24. The molecule has 0 amide bonds. The van der Waals surface area contributed by atoms with Gasteiger partial charge in [0.15, 0.2) is 22.4 Å². The fourth-order valence-corrected chi connectivity index (χ4v) is 10.1. The largest absolute Gasteiger partial charge is 0.463 e. The van der Waals surface area contributed by atoms with Gasteiger partial charge in [0.1, 0.15) is 10.5 Å². The Hall–Kier alpha value is -0.259. The van der Waals surface area contributed by atoms with Gasteiger partial charge < -0.3 is 18.0 Å². The molecule has 0 radical (unpaired) electrons. The van der Waals surface area contributed by atoms with Gasteiger partial charge in [-0.15, -0.1) is 0 Å². The van der Waals surface area contributed by atoms with Crippen LogP contribution in [0.5, 0.6) is 0 Å². The lowest BCUT2D eigenvalue weighted by atomic mass is 10.1. The molecule has 0 aliphatic heterocycles. The van der Waals surface area contributed by atoms with Crippen molar-refractivity contribution in [2.24, 2.45) is 0 Å². The lowest BCUT2D eigenvalue weighted by Gasteiger charge is -2.47. The van der Waals surface area contributed by atoms with Gasteiger partial charge >= 0.3 is 5.97 Å².